The summed E-state index contributed by atoms with van der Waals surface area (Å²) in [5, 5.41) is 13.1. The Kier molecular flexibility index (Phi) is 4.21. The highest BCUT2D eigenvalue weighted by Crippen LogP contribution is 2.24. The zero-order valence-electron chi connectivity index (χ0n) is 10.1. The van der Waals surface area contributed by atoms with Gasteiger partial charge in [0.05, 0.1) is 4.92 Å². The summed E-state index contributed by atoms with van der Waals surface area (Å²) in [6.07, 6.45) is 2.75. The largest absolute Gasteiger partial charge is 0.324 e. The van der Waals surface area contributed by atoms with Crippen molar-refractivity contribution < 1.29 is 14.1 Å². The van der Waals surface area contributed by atoms with Gasteiger partial charge in [0.2, 0.25) is 5.91 Å². The van der Waals surface area contributed by atoms with Crippen LogP contribution in [0.3, 0.4) is 0 Å². The lowest BCUT2D eigenvalue weighted by atomic mass is 10.3. The third kappa shape index (κ3) is 3.72. The summed E-state index contributed by atoms with van der Waals surface area (Å²) in [5.41, 5.74) is 0.471. The second-order valence-corrected chi connectivity index (χ2v) is 4.86. The van der Waals surface area contributed by atoms with Crippen LogP contribution >= 0.6 is 11.3 Å². The van der Waals surface area contributed by atoms with Gasteiger partial charge in [-0.1, -0.05) is 11.3 Å². The summed E-state index contributed by atoms with van der Waals surface area (Å²) in [5.74, 6) is -0.780. The van der Waals surface area contributed by atoms with Gasteiger partial charge >= 0.3 is 5.00 Å². The van der Waals surface area contributed by atoms with Gasteiger partial charge in [-0.25, -0.2) is 4.39 Å². The van der Waals surface area contributed by atoms with Gasteiger partial charge in [-0.2, -0.15) is 0 Å². The van der Waals surface area contributed by atoms with E-state index in [0.717, 1.165) is 11.3 Å². The molecule has 0 aliphatic carbocycles. The summed E-state index contributed by atoms with van der Waals surface area (Å²) in [7, 11) is 0. The first kappa shape index (κ1) is 13.9. The molecule has 1 aromatic heterocycles. The van der Waals surface area contributed by atoms with Crippen molar-refractivity contribution in [3.05, 3.63) is 63.3 Å². The maximum Gasteiger partial charge on any atom is 0.324 e. The van der Waals surface area contributed by atoms with E-state index >= 15 is 0 Å². The first-order valence-corrected chi connectivity index (χ1v) is 6.35. The topological polar surface area (TPSA) is 72.2 Å². The molecule has 0 aliphatic rings. The Morgan fingerprint density at radius 2 is 1.95 bits per heavy atom. The van der Waals surface area contributed by atoms with Gasteiger partial charge in [-0.3, -0.25) is 14.9 Å². The normalized spacial score (nSPS) is 10.7. The second kappa shape index (κ2) is 6.07. The molecular formula is C13H9FN2O3S. The molecule has 0 fully saturated rings. The molecule has 1 aromatic carbocycles. The number of rotatable bonds is 4. The smallest absolute Gasteiger partial charge is 0.323 e. The maximum absolute atomic E-state index is 12.7. The van der Waals surface area contributed by atoms with E-state index in [1.165, 1.54) is 42.5 Å². The molecular weight excluding hydrogens is 283 g/mol. The molecule has 5 nitrogen and oxygen atoms in total. The summed E-state index contributed by atoms with van der Waals surface area (Å²) in [6, 6.07) is 8.30. The van der Waals surface area contributed by atoms with Crippen molar-refractivity contribution in [1.82, 2.24) is 0 Å². The van der Waals surface area contributed by atoms with E-state index in [2.05, 4.69) is 5.32 Å². The van der Waals surface area contributed by atoms with E-state index in [4.69, 9.17) is 0 Å². The molecule has 0 radical (unpaired) electrons. The van der Waals surface area contributed by atoms with Crippen LogP contribution in [0.2, 0.25) is 0 Å². The quantitative estimate of drug-likeness (QED) is 0.533. The van der Waals surface area contributed by atoms with Crippen LogP contribution in [0.4, 0.5) is 15.1 Å². The van der Waals surface area contributed by atoms with Crippen molar-refractivity contribution in [3.8, 4) is 0 Å². The summed E-state index contributed by atoms with van der Waals surface area (Å²) in [4.78, 5) is 22.2. The lowest BCUT2D eigenvalue weighted by Crippen LogP contribution is -2.07. The third-order valence-corrected chi connectivity index (χ3v) is 3.31. The van der Waals surface area contributed by atoms with Crippen molar-refractivity contribution in [2.24, 2.45) is 0 Å². The van der Waals surface area contributed by atoms with Crippen LogP contribution in [0.25, 0.3) is 6.08 Å². The molecule has 7 heteroatoms. The summed E-state index contributed by atoms with van der Waals surface area (Å²) >= 11 is 0.976. The number of carbonyl (C=O) groups excluding carboxylic acids is 1. The number of hydrogen-bond acceptors (Lipinski definition) is 4. The predicted octanol–water partition coefficient (Wildman–Crippen LogP) is 3.45. The minimum absolute atomic E-state index is 0.0172. The molecule has 2 aromatic rings. The van der Waals surface area contributed by atoms with Gasteiger partial charge in [0.25, 0.3) is 0 Å². The highest BCUT2D eigenvalue weighted by molar-refractivity contribution is 7.16. The van der Waals surface area contributed by atoms with Gasteiger partial charge in [0.15, 0.2) is 0 Å². The molecule has 1 heterocycles. The highest BCUT2D eigenvalue weighted by Gasteiger charge is 2.07. The summed E-state index contributed by atoms with van der Waals surface area (Å²) < 4.78 is 12.7. The zero-order chi connectivity index (χ0) is 14.5. The van der Waals surface area contributed by atoms with Crippen molar-refractivity contribution >= 4 is 34.0 Å². The van der Waals surface area contributed by atoms with Gasteiger partial charge in [-0.05, 0) is 36.4 Å². The number of carbonyl (C=O) groups is 1. The molecule has 1 amide bonds. The van der Waals surface area contributed by atoms with E-state index in [0.29, 0.717) is 10.6 Å². The Hall–Kier alpha value is -2.54. The Bertz CT molecular complexity index is 665. The second-order valence-electron chi connectivity index (χ2n) is 3.76. The Balaban J connectivity index is 1.98. The predicted molar refractivity (Wildman–Crippen MR) is 75.0 cm³/mol. The minimum Gasteiger partial charge on any atom is -0.323 e. The Morgan fingerprint density at radius 3 is 2.55 bits per heavy atom. The lowest BCUT2D eigenvalue weighted by molar-refractivity contribution is -0.380. The number of nitrogens with zero attached hydrogens (tertiary/aromatic N) is 1. The van der Waals surface area contributed by atoms with Crippen LogP contribution in [0.1, 0.15) is 4.88 Å². The van der Waals surface area contributed by atoms with Crippen molar-refractivity contribution in [3.63, 3.8) is 0 Å². The van der Waals surface area contributed by atoms with Crippen LogP contribution in [-0.2, 0) is 4.79 Å². The van der Waals surface area contributed by atoms with Crippen LogP contribution in [0, 0.1) is 15.9 Å². The van der Waals surface area contributed by atoms with Gasteiger partial charge < -0.3 is 5.32 Å². The molecule has 20 heavy (non-hydrogen) atoms. The number of benzene rings is 1. The molecule has 0 spiro atoms. The minimum atomic E-state index is -0.486. The van der Waals surface area contributed by atoms with Gasteiger partial charge in [0.1, 0.15) is 5.82 Å². The average molecular weight is 292 g/mol. The van der Waals surface area contributed by atoms with Crippen LogP contribution in [0.5, 0.6) is 0 Å². The molecule has 1 N–H and O–H groups in total. The van der Waals surface area contributed by atoms with E-state index < -0.39 is 10.8 Å². The van der Waals surface area contributed by atoms with Gasteiger partial charge in [-0.15, -0.1) is 0 Å². The number of nitrogens with one attached hydrogen (secondary N) is 1. The number of thiophene rings is 1. The van der Waals surface area contributed by atoms with Crippen LogP contribution in [0.15, 0.2) is 42.5 Å². The van der Waals surface area contributed by atoms with E-state index in [-0.39, 0.29) is 10.8 Å². The van der Waals surface area contributed by atoms with E-state index in [1.54, 1.807) is 6.07 Å². The van der Waals surface area contributed by atoms with E-state index in [9.17, 15) is 19.3 Å². The molecule has 0 saturated carbocycles. The van der Waals surface area contributed by atoms with Crippen LogP contribution in [-0.4, -0.2) is 10.8 Å². The number of amides is 1. The SMILES string of the molecule is O=C(C=Cc1ccc([N+](=O)[O-])s1)Nc1ccc(F)cc1. The third-order valence-electron chi connectivity index (χ3n) is 2.30. The van der Waals surface area contributed by atoms with Crippen LogP contribution < -0.4 is 5.32 Å². The summed E-state index contributed by atoms with van der Waals surface area (Å²) in [6.45, 7) is 0. The monoisotopic (exact) mass is 292 g/mol. The van der Waals surface area contributed by atoms with Crippen molar-refractivity contribution in [2.75, 3.05) is 5.32 Å². The fourth-order valence-electron chi connectivity index (χ4n) is 1.40. The number of anilines is 1. The number of nitro groups is 1. The number of hydrogen-bond donors (Lipinski definition) is 1. The Morgan fingerprint density at radius 1 is 1.25 bits per heavy atom. The molecule has 0 atom stereocenters. The fraction of sp³-hybridized carbons (Fsp3) is 0. The molecule has 102 valence electrons. The Labute approximate surface area is 117 Å². The molecule has 0 bridgehead atoms. The molecule has 2 rings (SSSR count). The maximum atomic E-state index is 12.7. The van der Waals surface area contributed by atoms with Crippen molar-refractivity contribution in [2.45, 2.75) is 0 Å². The van der Waals surface area contributed by atoms with Crippen molar-refractivity contribution in [1.29, 1.82) is 0 Å². The first-order chi connectivity index (χ1) is 9.54. The highest BCUT2D eigenvalue weighted by atomic mass is 32.1. The first-order valence-electron chi connectivity index (χ1n) is 5.53. The number of halogens is 1. The zero-order valence-corrected chi connectivity index (χ0v) is 10.9. The molecule has 0 unspecified atom stereocenters. The van der Waals surface area contributed by atoms with E-state index in [1.807, 2.05) is 0 Å². The standard InChI is InChI=1S/C13H9FN2O3S/c14-9-1-3-10(4-2-9)15-12(17)7-5-11-6-8-13(20-11)16(18)19/h1-8H,(H,15,17). The molecule has 0 aliphatic heterocycles. The molecule has 0 saturated heterocycles. The average Bonchev–Trinajstić information content (AvgIpc) is 2.88. The van der Waals surface area contributed by atoms with Gasteiger partial charge in [0, 0.05) is 22.7 Å². The lowest BCUT2D eigenvalue weighted by Gasteiger charge is -2.00. The fourth-order valence-corrected chi connectivity index (χ4v) is 2.13.